The standard InChI is InChI=1S/C18H14Cl2N6O/c1-9-13(16(21)27)15(11-3-2-4-12(19)14(11)20)26-18(23-9)24-17(25-26)10-5-7-22-8-6-10/h2-8,15H,1H3,(H2,21,27)(H,23,24,25). The van der Waals surface area contributed by atoms with Crippen LogP contribution in [-0.2, 0) is 4.79 Å². The van der Waals surface area contributed by atoms with Crippen molar-refractivity contribution >= 4 is 35.1 Å². The molecule has 0 saturated heterocycles. The van der Waals surface area contributed by atoms with Crippen LogP contribution < -0.4 is 11.1 Å². The third kappa shape index (κ3) is 2.94. The minimum Gasteiger partial charge on any atom is -0.366 e. The Bertz CT molecular complexity index is 1080. The number of amides is 1. The molecule has 27 heavy (non-hydrogen) atoms. The van der Waals surface area contributed by atoms with Gasteiger partial charge in [-0.2, -0.15) is 4.98 Å². The van der Waals surface area contributed by atoms with Gasteiger partial charge in [-0.1, -0.05) is 35.3 Å². The first kappa shape index (κ1) is 17.5. The summed E-state index contributed by atoms with van der Waals surface area (Å²) >= 11 is 12.6. The van der Waals surface area contributed by atoms with Crippen molar-refractivity contribution < 1.29 is 4.79 Å². The number of hydrogen-bond donors (Lipinski definition) is 2. The largest absolute Gasteiger partial charge is 0.366 e. The highest BCUT2D eigenvalue weighted by atomic mass is 35.5. The summed E-state index contributed by atoms with van der Waals surface area (Å²) in [5, 5.41) is 8.40. The van der Waals surface area contributed by atoms with Gasteiger partial charge in [-0.3, -0.25) is 9.78 Å². The fraction of sp³-hybridized carbons (Fsp3) is 0.111. The van der Waals surface area contributed by atoms with Crippen LogP contribution >= 0.6 is 23.2 Å². The predicted octanol–water partition coefficient (Wildman–Crippen LogP) is 3.42. The third-order valence-corrected chi connectivity index (χ3v) is 5.17. The Morgan fingerprint density at radius 2 is 1.96 bits per heavy atom. The normalized spacial score (nSPS) is 16.0. The number of anilines is 1. The molecule has 0 fully saturated rings. The van der Waals surface area contributed by atoms with Crippen LogP contribution in [0.4, 0.5) is 5.95 Å². The summed E-state index contributed by atoms with van der Waals surface area (Å²) in [7, 11) is 0. The van der Waals surface area contributed by atoms with Gasteiger partial charge in [0.25, 0.3) is 0 Å². The Balaban J connectivity index is 1.94. The fourth-order valence-corrected chi connectivity index (χ4v) is 3.52. The maximum absolute atomic E-state index is 12.2. The number of carbonyl (C=O) groups is 1. The molecule has 1 unspecified atom stereocenters. The average molecular weight is 401 g/mol. The Kier molecular flexibility index (Phi) is 4.33. The van der Waals surface area contributed by atoms with Crippen molar-refractivity contribution in [2.75, 3.05) is 5.32 Å². The predicted molar refractivity (Wildman–Crippen MR) is 103 cm³/mol. The molecule has 0 spiro atoms. The number of benzene rings is 1. The molecule has 1 amide bonds. The van der Waals surface area contributed by atoms with Gasteiger partial charge in [0.2, 0.25) is 11.9 Å². The molecular formula is C18H14Cl2N6O. The molecule has 1 aliphatic heterocycles. The molecule has 136 valence electrons. The van der Waals surface area contributed by atoms with E-state index in [9.17, 15) is 4.79 Å². The van der Waals surface area contributed by atoms with E-state index >= 15 is 0 Å². The molecule has 4 rings (SSSR count). The number of nitrogens with two attached hydrogens (primary N) is 1. The number of nitrogens with one attached hydrogen (secondary N) is 1. The summed E-state index contributed by atoms with van der Waals surface area (Å²) in [5.41, 5.74) is 8.01. The summed E-state index contributed by atoms with van der Waals surface area (Å²) < 4.78 is 1.60. The van der Waals surface area contributed by atoms with Gasteiger partial charge >= 0.3 is 0 Å². The topological polar surface area (TPSA) is 98.7 Å². The summed E-state index contributed by atoms with van der Waals surface area (Å²) in [6.07, 6.45) is 3.32. The highest BCUT2D eigenvalue weighted by Gasteiger charge is 2.34. The van der Waals surface area contributed by atoms with Crippen molar-refractivity contribution in [1.29, 1.82) is 0 Å². The number of aromatic nitrogens is 4. The van der Waals surface area contributed by atoms with Crippen LogP contribution in [0.15, 0.2) is 54.0 Å². The minimum atomic E-state index is -0.645. The van der Waals surface area contributed by atoms with Crippen LogP contribution in [0.5, 0.6) is 0 Å². The molecule has 0 saturated carbocycles. The highest BCUT2D eigenvalue weighted by Crippen LogP contribution is 2.40. The zero-order valence-electron chi connectivity index (χ0n) is 14.1. The second kappa shape index (κ2) is 6.68. The van der Waals surface area contributed by atoms with Gasteiger partial charge < -0.3 is 11.1 Å². The molecule has 0 aliphatic carbocycles. The Morgan fingerprint density at radius 3 is 2.67 bits per heavy atom. The SMILES string of the molecule is CC1=C(C(N)=O)C(c2cccc(Cl)c2Cl)n2nc(-c3ccncc3)nc2N1. The molecule has 0 radical (unpaired) electrons. The van der Waals surface area contributed by atoms with Crippen LogP contribution in [0, 0.1) is 0 Å². The third-order valence-electron chi connectivity index (χ3n) is 4.33. The molecular weight excluding hydrogens is 387 g/mol. The second-order valence-electron chi connectivity index (χ2n) is 6.01. The van der Waals surface area contributed by atoms with E-state index in [1.165, 1.54) is 0 Å². The lowest BCUT2D eigenvalue weighted by Gasteiger charge is -2.28. The number of pyridine rings is 1. The molecule has 3 heterocycles. The van der Waals surface area contributed by atoms with Crippen LogP contribution in [0.3, 0.4) is 0 Å². The molecule has 1 atom stereocenters. The van der Waals surface area contributed by atoms with Crippen molar-refractivity contribution in [2.45, 2.75) is 13.0 Å². The molecule has 2 aromatic heterocycles. The first-order valence-corrected chi connectivity index (χ1v) is 8.81. The van der Waals surface area contributed by atoms with E-state index < -0.39 is 11.9 Å². The molecule has 3 aromatic rings. The second-order valence-corrected chi connectivity index (χ2v) is 6.80. The van der Waals surface area contributed by atoms with Gasteiger partial charge in [0.15, 0.2) is 5.82 Å². The van der Waals surface area contributed by atoms with E-state index in [0.717, 1.165) is 5.56 Å². The molecule has 7 nitrogen and oxygen atoms in total. The number of allylic oxidation sites excluding steroid dienone is 1. The lowest BCUT2D eigenvalue weighted by Crippen LogP contribution is -2.32. The summed E-state index contributed by atoms with van der Waals surface area (Å²) in [6, 6.07) is 8.20. The zero-order valence-corrected chi connectivity index (χ0v) is 15.7. The summed E-state index contributed by atoms with van der Waals surface area (Å²) in [4.78, 5) is 20.8. The number of carbonyl (C=O) groups excluding carboxylic acids is 1. The van der Waals surface area contributed by atoms with Crippen molar-refractivity contribution in [3.05, 3.63) is 69.6 Å². The summed E-state index contributed by atoms with van der Waals surface area (Å²) in [6.45, 7) is 1.76. The first-order chi connectivity index (χ1) is 13.0. The van der Waals surface area contributed by atoms with E-state index in [4.69, 9.17) is 28.9 Å². The summed E-state index contributed by atoms with van der Waals surface area (Å²) in [5.74, 6) is 0.388. The van der Waals surface area contributed by atoms with Crippen molar-refractivity contribution in [3.8, 4) is 11.4 Å². The van der Waals surface area contributed by atoms with Crippen LogP contribution in [0.1, 0.15) is 18.5 Å². The molecule has 9 heteroatoms. The Morgan fingerprint density at radius 1 is 1.22 bits per heavy atom. The van der Waals surface area contributed by atoms with Crippen LogP contribution in [-0.4, -0.2) is 25.7 Å². The quantitative estimate of drug-likeness (QED) is 0.701. The van der Waals surface area contributed by atoms with E-state index in [0.29, 0.717) is 38.7 Å². The maximum Gasteiger partial charge on any atom is 0.248 e. The van der Waals surface area contributed by atoms with Crippen molar-refractivity contribution in [3.63, 3.8) is 0 Å². The molecule has 1 aliphatic rings. The van der Waals surface area contributed by atoms with Gasteiger partial charge in [0.05, 0.1) is 15.6 Å². The lowest BCUT2D eigenvalue weighted by atomic mass is 9.95. The number of rotatable bonds is 3. The van der Waals surface area contributed by atoms with Gasteiger partial charge in [0, 0.05) is 29.2 Å². The van der Waals surface area contributed by atoms with E-state index in [1.807, 2.05) is 0 Å². The van der Waals surface area contributed by atoms with Crippen molar-refractivity contribution in [1.82, 2.24) is 19.7 Å². The lowest BCUT2D eigenvalue weighted by molar-refractivity contribution is -0.115. The van der Waals surface area contributed by atoms with Crippen LogP contribution in [0.25, 0.3) is 11.4 Å². The van der Waals surface area contributed by atoms with E-state index in [2.05, 4.69) is 20.4 Å². The number of nitrogens with zero attached hydrogens (tertiary/aromatic N) is 4. The molecule has 1 aromatic carbocycles. The van der Waals surface area contributed by atoms with E-state index in [-0.39, 0.29) is 0 Å². The smallest absolute Gasteiger partial charge is 0.248 e. The fourth-order valence-electron chi connectivity index (χ4n) is 3.11. The number of primary amides is 1. The van der Waals surface area contributed by atoms with Gasteiger partial charge in [-0.15, -0.1) is 5.10 Å². The zero-order chi connectivity index (χ0) is 19.1. The Labute approximate surface area is 164 Å². The van der Waals surface area contributed by atoms with Crippen LogP contribution in [0.2, 0.25) is 10.0 Å². The Hall–Kier alpha value is -2.90. The number of hydrogen-bond acceptors (Lipinski definition) is 5. The monoisotopic (exact) mass is 400 g/mol. The molecule has 0 bridgehead atoms. The number of halogens is 2. The van der Waals surface area contributed by atoms with Gasteiger partial charge in [-0.05, 0) is 25.1 Å². The maximum atomic E-state index is 12.2. The average Bonchev–Trinajstić information content (AvgIpc) is 3.07. The van der Waals surface area contributed by atoms with Crippen molar-refractivity contribution in [2.24, 2.45) is 5.73 Å². The highest BCUT2D eigenvalue weighted by molar-refractivity contribution is 6.42. The first-order valence-electron chi connectivity index (χ1n) is 8.06. The van der Waals surface area contributed by atoms with Gasteiger partial charge in [-0.25, -0.2) is 4.68 Å². The van der Waals surface area contributed by atoms with Gasteiger partial charge in [0.1, 0.15) is 6.04 Å². The minimum absolute atomic E-state index is 0.338. The van der Waals surface area contributed by atoms with E-state index in [1.54, 1.807) is 54.3 Å². The molecule has 3 N–H and O–H groups in total. The number of fused-ring (bicyclic) bond motifs is 1.